The van der Waals surface area contributed by atoms with E-state index in [9.17, 15) is 19.2 Å². The molecule has 4 heterocycles. The molecule has 256 valence electrons. The summed E-state index contributed by atoms with van der Waals surface area (Å²) in [6.07, 6.45) is 15.6. The molecular weight excluding hydrogens is 624 g/mol. The lowest BCUT2D eigenvalue weighted by Crippen LogP contribution is -2.54. The fourth-order valence-corrected chi connectivity index (χ4v) is 10.5. The molecular formula is C42H44N4O4. The maximum Gasteiger partial charge on any atom is 0.261 e. The Kier molecular flexibility index (Phi) is 6.40. The summed E-state index contributed by atoms with van der Waals surface area (Å²) in [6.45, 7) is 9.37. The van der Waals surface area contributed by atoms with Crippen LogP contribution in [-0.2, 0) is 9.59 Å². The summed E-state index contributed by atoms with van der Waals surface area (Å²) in [4.78, 5) is 65.7. The van der Waals surface area contributed by atoms with Crippen LogP contribution in [0.5, 0.6) is 0 Å². The number of carbonyl (C=O) groups excluding carboxylic acids is 4. The Morgan fingerprint density at radius 1 is 0.680 bits per heavy atom. The smallest absolute Gasteiger partial charge is 0.261 e. The van der Waals surface area contributed by atoms with Gasteiger partial charge in [0, 0.05) is 71.2 Å². The molecule has 8 heteroatoms. The number of benzene rings is 3. The molecule has 0 radical (unpaired) electrons. The number of likely N-dealkylation sites (tertiary alicyclic amines) is 1. The highest BCUT2D eigenvalue weighted by molar-refractivity contribution is 6.30. The van der Waals surface area contributed by atoms with Gasteiger partial charge in [0.15, 0.2) is 0 Å². The van der Waals surface area contributed by atoms with E-state index in [0.29, 0.717) is 11.1 Å². The summed E-state index contributed by atoms with van der Waals surface area (Å²) >= 11 is 0. The summed E-state index contributed by atoms with van der Waals surface area (Å²) in [5.41, 5.74) is 6.36. The van der Waals surface area contributed by atoms with Crippen LogP contribution in [-0.4, -0.2) is 76.1 Å². The lowest BCUT2D eigenvalue weighted by molar-refractivity contribution is -0.134. The van der Waals surface area contributed by atoms with Crippen molar-refractivity contribution in [3.63, 3.8) is 0 Å². The third kappa shape index (κ3) is 3.93. The molecule has 0 spiro atoms. The molecule has 10 rings (SSSR count). The normalized spacial score (nSPS) is 24.8. The number of amides is 4. The minimum absolute atomic E-state index is 0.0497. The highest BCUT2D eigenvalue weighted by Gasteiger charge is 2.49. The zero-order valence-electron chi connectivity index (χ0n) is 29.3. The summed E-state index contributed by atoms with van der Waals surface area (Å²) in [5.74, 6) is -1.75. The van der Waals surface area contributed by atoms with E-state index in [-0.39, 0.29) is 29.7 Å². The van der Waals surface area contributed by atoms with Crippen molar-refractivity contribution in [2.75, 3.05) is 31.1 Å². The summed E-state index contributed by atoms with van der Waals surface area (Å²) < 4.78 is 0. The van der Waals surface area contributed by atoms with E-state index in [2.05, 4.69) is 34.1 Å². The molecule has 3 aromatic rings. The fraction of sp³-hybridized carbons (Fsp3) is 0.476. The van der Waals surface area contributed by atoms with Crippen molar-refractivity contribution < 1.29 is 19.2 Å². The molecule has 2 atom stereocenters. The Morgan fingerprint density at radius 2 is 1.36 bits per heavy atom. The van der Waals surface area contributed by atoms with Gasteiger partial charge in [-0.25, -0.2) is 0 Å². The predicted octanol–water partition coefficient (Wildman–Crippen LogP) is 7.33. The van der Waals surface area contributed by atoms with E-state index in [1.165, 1.54) is 4.90 Å². The molecule has 3 aromatic carbocycles. The summed E-state index contributed by atoms with van der Waals surface area (Å²) in [7, 11) is 0. The zero-order valence-corrected chi connectivity index (χ0v) is 29.3. The van der Waals surface area contributed by atoms with E-state index in [1.807, 2.05) is 32.9 Å². The van der Waals surface area contributed by atoms with Crippen LogP contribution in [0.3, 0.4) is 0 Å². The monoisotopic (exact) mass is 668 g/mol. The summed E-state index contributed by atoms with van der Waals surface area (Å²) in [6, 6.07) is 6.09. The van der Waals surface area contributed by atoms with Gasteiger partial charge < -0.3 is 9.80 Å². The van der Waals surface area contributed by atoms with Gasteiger partial charge in [-0.15, -0.1) is 0 Å². The van der Waals surface area contributed by atoms with Gasteiger partial charge in [0.05, 0.1) is 11.8 Å². The Labute approximate surface area is 292 Å². The van der Waals surface area contributed by atoms with Crippen LogP contribution in [0, 0.1) is 0 Å². The molecule has 3 aliphatic carbocycles. The van der Waals surface area contributed by atoms with Gasteiger partial charge in [-0.1, -0.05) is 37.5 Å². The van der Waals surface area contributed by atoms with Crippen molar-refractivity contribution in [2.24, 2.45) is 0 Å². The van der Waals surface area contributed by atoms with Crippen LogP contribution in [0.1, 0.15) is 133 Å². The topological polar surface area (TPSA) is 81.2 Å². The van der Waals surface area contributed by atoms with E-state index in [0.717, 1.165) is 139 Å². The van der Waals surface area contributed by atoms with Gasteiger partial charge >= 0.3 is 0 Å². The van der Waals surface area contributed by atoms with E-state index >= 15 is 0 Å². The van der Waals surface area contributed by atoms with Crippen LogP contribution in [0.15, 0.2) is 30.4 Å². The first-order chi connectivity index (χ1) is 24.1. The molecule has 0 N–H and O–H groups in total. The molecule has 4 amide bonds. The second-order valence-corrected chi connectivity index (χ2v) is 16.6. The van der Waals surface area contributed by atoms with Gasteiger partial charge in [-0.05, 0) is 110 Å². The van der Waals surface area contributed by atoms with Crippen LogP contribution in [0.25, 0.3) is 33.3 Å². The lowest BCUT2D eigenvalue weighted by atomic mass is 9.71. The summed E-state index contributed by atoms with van der Waals surface area (Å²) in [5, 5.41) is 4.03. The Hall–Kier alpha value is -4.46. The number of imide groups is 2. The Balaban J connectivity index is 1.33. The number of nitrogens with zero attached hydrogens (tertiary/aromatic N) is 4. The SMILES string of the molecule is CC(C)(C)N1C(=O)c2cc(N3CCCC3)c3c4c(c5c6c7c(ccc63)C(=O)N(C3CCCCC3)C(=O)C7C=C5N3CCCC3)C=CC(C1=O)c24. The maximum atomic E-state index is 14.7. The second kappa shape index (κ2) is 10.5. The first-order valence-corrected chi connectivity index (χ1v) is 18.9. The molecule has 2 saturated heterocycles. The third-order valence-electron chi connectivity index (χ3n) is 12.7. The predicted molar refractivity (Wildman–Crippen MR) is 195 cm³/mol. The van der Waals surface area contributed by atoms with Crippen LogP contribution < -0.4 is 4.90 Å². The van der Waals surface area contributed by atoms with Crippen molar-refractivity contribution in [2.45, 2.75) is 102 Å². The van der Waals surface area contributed by atoms with E-state index < -0.39 is 17.4 Å². The standard InChI is InChI=1S/C42H44N4O4/c1-42(2,3)46-40(49)27-16-14-25-34-30(43-17-7-8-18-43)21-28-32-26(38(47)45(39(28)48)23-11-5-4-6-12-23)15-13-24(36(32)34)35-31(44-19-9-10-20-44)22-29(41(46)50)33(27)37(25)35/h13-16,21-23,27-28H,4-12,17-20H2,1-3H3. The fourth-order valence-electron chi connectivity index (χ4n) is 10.5. The van der Waals surface area contributed by atoms with Crippen molar-refractivity contribution >= 4 is 62.6 Å². The van der Waals surface area contributed by atoms with Crippen LogP contribution in [0.4, 0.5) is 5.69 Å². The maximum absolute atomic E-state index is 14.7. The Morgan fingerprint density at radius 3 is 2.06 bits per heavy atom. The minimum atomic E-state index is -0.664. The van der Waals surface area contributed by atoms with Gasteiger partial charge in [0.1, 0.15) is 0 Å². The lowest BCUT2D eigenvalue weighted by Gasteiger charge is -2.43. The highest BCUT2D eigenvalue weighted by atomic mass is 16.2. The van der Waals surface area contributed by atoms with Crippen LogP contribution >= 0.6 is 0 Å². The average molecular weight is 669 g/mol. The highest BCUT2D eigenvalue weighted by Crippen LogP contribution is 2.55. The number of rotatable bonds is 3. The van der Waals surface area contributed by atoms with Gasteiger partial charge in [0.2, 0.25) is 11.8 Å². The molecule has 3 fully saturated rings. The van der Waals surface area contributed by atoms with Crippen molar-refractivity contribution in [3.05, 3.63) is 63.7 Å². The average Bonchev–Trinajstić information content (AvgIpc) is 3.84. The molecule has 50 heavy (non-hydrogen) atoms. The van der Waals surface area contributed by atoms with Crippen LogP contribution in [0.2, 0.25) is 0 Å². The third-order valence-corrected chi connectivity index (χ3v) is 12.7. The first-order valence-electron chi connectivity index (χ1n) is 18.9. The molecule has 0 bridgehead atoms. The van der Waals surface area contributed by atoms with Crippen molar-refractivity contribution in [1.82, 2.24) is 14.7 Å². The molecule has 2 unspecified atom stereocenters. The van der Waals surface area contributed by atoms with Crippen molar-refractivity contribution in [1.29, 1.82) is 0 Å². The number of hydrogen-bond acceptors (Lipinski definition) is 6. The zero-order chi connectivity index (χ0) is 34.2. The van der Waals surface area contributed by atoms with E-state index in [1.54, 1.807) is 4.90 Å². The molecule has 4 aliphatic heterocycles. The number of carbonyl (C=O) groups is 4. The van der Waals surface area contributed by atoms with E-state index in [4.69, 9.17) is 0 Å². The molecule has 8 nitrogen and oxygen atoms in total. The number of hydrogen-bond donors (Lipinski definition) is 0. The quantitative estimate of drug-likeness (QED) is 0.215. The van der Waals surface area contributed by atoms with Gasteiger partial charge in [0.25, 0.3) is 11.8 Å². The molecule has 1 saturated carbocycles. The number of fused-ring (bicyclic) bond motifs is 2. The minimum Gasteiger partial charge on any atom is -0.371 e. The largest absolute Gasteiger partial charge is 0.371 e. The first kappa shape index (κ1) is 30.4. The molecule has 7 aliphatic rings. The van der Waals surface area contributed by atoms with Gasteiger partial charge in [-0.2, -0.15) is 0 Å². The number of anilines is 1. The van der Waals surface area contributed by atoms with Gasteiger partial charge in [-0.3, -0.25) is 29.0 Å². The second-order valence-electron chi connectivity index (χ2n) is 16.6. The van der Waals surface area contributed by atoms with Crippen molar-refractivity contribution in [3.8, 4) is 0 Å². The molecule has 0 aromatic heterocycles. The Bertz CT molecular complexity index is 2150.